The lowest BCUT2D eigenvalue weighted by atomic mass is 9.85. The number of imide groups is 1. The molecule has 1 saturated heterocycles. The number of likely N-dealkylation sites (tertiary alicyclic amines) is 1. The van der Waals surface area contributed by atoms with E-state index in [1.165, 1.54) is 4.90 Å². The molecule has 4 atom stereocenters. The molecule has 2 fully saturated rings. The molecule has 4 unspecified atom stereocenters. The summed E-state index contributed by atoms with van der Waals surface area (Å²) in [6, 6.07) is 0. The lowest BCUT2D eigenvalue weighted by Crippen LogP contribution is -2.42. The third kappa shape index (κ3) is 2.39. The average Bonchev–Trinajstić information content (AvgIpc) is 3.13. The molecular formula is C16H22N2O3. The number of carbonyl (C=O) groups is 3. The zero-order chi connectivity index (χ0) is 15.0. The molecule has 0 aromatic carbocycles. The molecule has 1 saturated carbocycles. The van der Waals surface area contributed by atoms with Crippen molar-refractivity contribution in [3.8, 4) is 0 Å². The standard InChI is InChI=1S/C16H22N2O3/c1-2-3-4-7-17-12(19)9-18-15(20)13-10-5-6-11(8-10)14(13)16(18)21/h5-6,10-11,13-14H,2-4,7-9H2,1H3,(H,17,19). The van der Waals surface area contributed by atoms with Gasteiger partial charge in [0.15, 0.2) is 0 Å². The number of rotatable bonds is 6. The third-order valence-electron chi connectivity index (χ3n) is 4.97. The molecule has 5 nitrogen and oxygen atoms in total. The predicted octanol–water partition coefficient (Wildman–Crippen LogP) is 1.10. The summed E-state index contributed by atoms with van der Waals surface area (Å²) in [4.78, 5) is 37.8. The van der Waals surface area contributed by atoms with Crippen LogP contribution in [-0.4, -0.2) is 35.7 Å². The first-order valence-corrected chi connectivity index (χ1v) is 7.93. The smallest absolute Gasteiger partial charge is 0.240 e. The lowest BCUT2D eigenvalue weighted by Gasteiger charge is -2.16. The summed E-state index contributed by atoms with van der Waals surface area (Å²) in [5, 5.41) is 2.79. The molecule has 0 aromatic heterocycles. The van der Waals surface area contributed by atoms with Gasteiger partial charge in [-0.1, -0.05) is 31.9 Å². The molecule has 3 aliphatic rings. The number of nitrogens with zero attached hydrogens (tertiary/aromatic N) is 1. The van der Waals surface area contributed by atoms with E-state index in [1.54, 1.807) is 0 Å². The van der Waals surface area contributed by atoms with Gasteiger partial charge in [0.1, 0.15) is 6.54 Å². The van der Waals surface area contributed by atoms with Crippen LogP contribution in [0.5, 0.6) is 0 Å². The average molecular weight is 290 g/mol. The summed E-state index contributed by atoms with van der Waals surface area (Å²) in [7, 11) is 0. The number of allylic oxidation sites excluding steroid dienone is 2. The predicted molar refractivity (Wildman–Crippen MR) is 77.0 cm³/mol. The zero-order valence-corrected chi connectivity index (χ0v) is 12.4. The topological polar surface area (TPSA) is 66.5 Å². The highest BCUT2D eigenvalue weighted by Gasteiger charge is 2.59. The quantitative estimate of drug-likeness (QED) is 0.452. The Balaban J connectivity index is 1.56. The van der Waals surface area contributed by atoms with Crippen LogP contribution in [0, 0.1) is 23.7 Å². The van der Waals surface area contributed by atoms with Crippen molar-refractivity contribution in [1.29, 1.82) is 0 Å². The summed E-state index contributed by atoms with van der Waals surface area (Å²) in [6.07, 6.45) is 8.14. The second-order valence-electron chi connectivity index (χ2n) is 6.32. The fourth-order valence-corrected chi connectivity index (χ4v) is 3.92. The van der Waals surface area contributed by atoms with E-state index in [0.717, 1.165) is 25.7 Å². The molecule has 2 aliphatic carbocycles. The minimum atomic E-state index is -0.229. The van der Waals surface area contributed by atoms with E-state index in [9.17, 15) is 14.4 Å². The van der Waals surface area contributed by atoms with E-state index in [-0.39, 0.29) is 47.9 Å². The minimum Gasteiger partial charge on any atom is -0.355 e. The fraction of sp³-hybridized carbons (Fsp3) is 0.688. The van der Waals surface area contributed by atoms with Crippen LogP contribution >= 0.6 is 0 Å². The maximum Gasteiger partial charge on any atom is 0.240 e. The summed E-state index contributed by atoms with van der Waals surface area (Å²) in [5.74, 6) is -0.534. The maximum absolute atomic E-state index is 12.4. The molecule has 5 heteroatoms. The largest absolute Gasteiger partial charge is 0.355 e. The zero-order valence-electron chi connectivity index (χ0n) is 12.4. The van der Waals surface area contributed by atoms with Crippen LogP contribution in [0.25, 0.3) is 0 Å². The van der Waals surface area contributed by atoms with E-state index in [4.69, 9.17) is 0 Å². The molecule has 114 valence electrons. The van der Waals surface area contributed by atoms with Crippen molar-refractivity contribution in [2.45, 2.75) is 32.6 Å². The molecule has 3 amide bonds. The number of unbranched alkanes of at least 4 members (excludes halogenated alkanes) is 2. The van der Waals surface area contributed by atoms with Gasteiger partial charge in [0, 0.05) is 6.54 Å². The Hall–Kier alpha value is -1.65. The highest BCUT2D eigenvalue weighted by atomic mass is 16.2. The molecule has 0 aromatic rings. The van der Waals surface area contributed by atoms with Gasteiger partial charge >= 0.3 is 0 Å². The van der Waals surface area contributed by atoms with Gasteiger partial charge in [-0.2, -0.15) is 0 Å². The SMILES string of the molecule is CCCCCNC(=O)CN1C(=O)C2C3C=CC(C3)C2C1=O. The van der Waals surface area contributed by atoms with Gasteiger partial charge in [-0.05, 0) is 24.7 Å². The normalized spacial score (nSPS) is 32.9. The molecule has 0 radical (unpaired) electrons. The Morgan fingerprint density at radius 1 is 1.19 bits per heavy atom. The van der Waals surface area contributed by atoms with Gasteiger partial charge in [-0.15, -0.1) is 0 Å². The number of nitrogens with one attached hydrogen (secondary N) is 1. The van der Waals surface area contributed by atoms with Crippen LogP contribution in [-0.2, 0) is 14.4 Å². The van der Waals surface area contributed by atoms with Crippen molar-refractivity contribution in [3.63, 3.8) is 0 Å². The van der Waals surface area contributed by atoms with Crippen LogP contribution in [0.3, 0.4) is 0 Å². The number of hydrogen-bond acceptors (Lipinski definition) is 3. The van der Waals surface area contributed by atoms with Crippen LogP contribution < -0.4 is 5.32 Å². The van der Waals surface area contributed by atoms with Crippen molar-refractivity contribution in [3.05, 3.63) is 12.2 Å². The third-order valence-corrected chi connectivity index (χ3v) is 4.97. The highest BCUT2D eigenvalue weighted by molar-refractivity contribution is 6.08. The molecule has 1 aliphatic heterocycles. The van der Waals surface area contributed by atoms with Crippen LogP contribution in [0.15, 0.2) is 12.2 Å². The number of fused-ring (bicyclic) bond motifs is 5. The first-order chi connectivity index (χ1) is 10.1. The maximum atomic E-state index is 12.4. The van der Waals surface area contributed by atoms with Crippen molar-refractivity contribution in [2.24, 2.45) is 23.7 Å². The monoisotopic (exact) mass is 290 g/mol. The number of carbonyl (C=O) groups excluding carboxylic acids is 3. The Kier molecular flexibility index (Phi) is 3.83. The van der Waals surface area contributed by atoms with Crippen LogP contribution in [0.2, 0.25) is 0 Å². The molecule has 0 spiro atoms. The van der Waals surface area contributed by atoms with E-state index >= 15 is 0 Å². The van der Waals surface area contributed by atoms with Gasteiger partial charge in [0.25, 0.3) is 0 Å². The first kappa shape index (κ1) is 14.3. The summed E-state index contributed by atoms with van der Waals surface area (Å²) in [5.41, 5.74) is 0. The van der Waals surface area contributed by atoms with Gasteiger partial charge < -0.3 is 5.32 Å². The second kappa shape index (κ2) is 5.62. The molecule has 2 bridgehead atoms. The van der Waals surface area contributed by atoms with Crippen LogP contribution in [0.4, 0.5) is 0 Å². The molecule has 1 N–H and O–H groups in total. The fourth-order valence-electron chi connectivity index (χ4n) is 3.92. The number of amides is 3. The number of hydrogen-bond donors (Lipinski definition) is 1. The summed E-state index contributed by atoms with van der Waals surface area (Å²) >= 11 is 0. The van der Waals surface area contributed by atoms with Gasteiger partial charge in [-0.25, -0.2) is 0 Å². The van der Waals surface area contributed by atoms with E-state index in [0.29, 0.717) is 6.54 Å². The molecule has 21 heavy (non-hydrogen) atoms. The van der Waals surface area contributed by atoms with Gasteiger partial charge in [0.05, 0.1) is 11.8 Å². The molecular weight excluding hydrogens is 268 g/mol. The summed E-state index contributed by atoms with van der Waals surface area (Å²) < 4.78 is 0. The Bertz CT molecular complexity index is 470. The van der Waals surface area contributed by atoms with Crippen LogP contribution in [0.1, 0.15) is 32.6 Å². The van der Waals surface area contributed by atoms with Gasteiger partial charge in [-0.3, -0.25) is 19.3 Å². The van der Waals surface area contributed by atoms with Crippen molar-refractivity contribution in [2.75, 3.05) is 13.1 Å². The first-order valence-electron chi connectivity index (χ1n) is 7.93. The van der Waals surface area contributed by atoms with Crippen molar-refractivity contribution in [1.82, 2.24) is 10.2 Å². The molecule has 1 heterocycles. The van der Waals surface area contributed by atoms with Gasteiger partial charge in [0.2, 0.25) is 17.7 Å². The Labute approximate surface area is 124 Å². The second-order valence-corrected chi connectivity index (χ2v) is 6.32. The molecule has 3 rings (SSSR count). The van der Waals surface area contributed by atoms with E-state index in [1.807, 2.05) is 0 Å². The summed E-state index contributed by atoms with van der Waals surface area (Å²) in [6.45, 7) is 2.60. The van der Waals surface area contributed by atoms with E-state index < -0.39 is 0 Å². The van der Waals surface area contributed by atoms with Crippen molar-refractivity contribution < 1.29 is 14.4 Å². The Morgan fingerprint density at radius 3 is 2.38 bits per heavy atom. The lowest BCUT2D eigenvalue weighted by molar-refractivity contribution is -0.144. The highest BCUT2D eigenvalue weighted by Crippen LogP contribution is 2.52. The van der Waals surface area contributed by atoms with E-state index in [2.05, 4.69) is 24.4 Å². The minimum absolute atomic E-state index is 0.115. The van der Waals surface area contributed by atoms with Crippen molar-refractivity contribution >= 4 is 17.7 Å². The Morgan fingerprint density at radius 2 is 1.81 bits per heavy atom.